The van der Waals surface area contributed by atoms with E-state index in [1.165, 1.54) is 10.7 Å². The van der Waals surface area contributed by atoms with Crippen molar-refractivity contribution in [2.75, 3.05) is 0 Å². The zero-order valence-corrected chi connectivity index (χ0v) is 9.24. The van der Waals surface area contributed by atoms with Crippen molar-refractivity contribution in [3.63, 3.8) is 0 Å². The number of aromatic nitrogens is 3. The largest absolute Gasteiger partial charge is 0.295 e. The molecule has 0 spiro atoms. The van der Waals surface area contributed by atoms with Crippen LogP contribution in [0.25, 0.3) is 5.65 Å². The highest BCUT2D eigenvalue weighted by atomic mass is 16.1. The summed E-state index contributed by atoms with van der Waals surface area (Å²) in [6.07, 6.45) is 3.11. The molecular weight excluding hydrogens is 204 g/mol. The van der Waals surface area contributed by atoms with Crippen LogP contribution in [0.5, 0.6) is 0 Å². The maximum atomic E-state index is 12.1. The molecule has 2 heterocycles. The summed E-state index contributed by atoms with van der Waals surface area (Å²) in [5, 5.41) is 11.6. The van der Waals surface area contributed by atoms with E-state index >= 15 is 0 Å². The standard InChI is InChI=1S/C11H12N4O/c1-3-4-9-7(2)14-10-8(5-12)6-13-15(10)11(9)16/h6,13H,3-4H2,1-2H3. The van der Waals surface area contributed by atoms with Crippen molar-refractivity contribution in [2.24, 2.45) is 0 Å². The molecular formula is C11H12N4O. The number of aryl methyl sites for hydroxylation is 1. The number of hydrogen-bond donors (Lipinski definition) is 1. The number of nitrogens with zero attached hydrogens (tertiary/aromatic N) is 3. The second-order valence-electron chi connectivity index (χ2n) is 3.69. The molecule has 0 amide bonds. The summed E-state index contributed by atoms with van der Waals surface area (Å²) in [6.45, 7) is 3.82. The zero-order chi connectivity index (χ0) is 11.7. The van der Waals surface area contributed by atoms with E-state index in [1.807, 2.05) is 13.0 Å². The Morgan fingerprint density at radius 3 is 3.00 bits per heavy atom. The molecule has 0 saturated carbocycles. The number of nitriles is 1. The monoisotopic (exact) mass is 216 g/mol. The Morgan fingerprint density at radius 1 is 1.62 bits per heavy atom. The van der Waals surface area contributed by atoms with Gasteiger partial charge in [0.15, 0.2) is 5.65 Å². The number of nitrogens with one attached hydrogen (secondary N) is 1. The fraction of sp³-hybridized carbons (Fsp3) is 0.364. The molecule has 0 radical (unpaired) electrons. The van der Waals surface area contributed by atoms with E-state index in [0.717, 1.165) is 6.42 Å². The molecule has 0 aliphatic carbocycles. The Hall–Kier alpha value is -2.09. The topological polar surface area (TPSA) is 73.9 Å². The molecule has 82 valence electrons. The summed E-state index contributed by atoms with van der Waals surface area (Å²) >= 11 is 0. The van der Waals surface area contributed by atoms with Gasteiger partial charge in [-0.2, -0.15) is 5.26 Å². The van der Waals surface area contributed by atoms with Crippen molar-refractivity contribution in [1.29, 1.82) is 5.26 Å². The van der Waals surface area contributed by atoms with Crippen molar-refractivity contribution in [3.05, 3.63) is 33.4 Å². The molecule has 0 atom stereocenters. The molecule has 0 aromatic carbocycles. The lowest BCUT2D eigenvalue weighted by Gasteiger charge is -2.03. The fourth-order valence-electron chi connectivity index (χ4n) is 1.78. The molecule has 0 aliphatic rings. The maximum absolute atomic E-state index is 12.1. The highest BCUT2D eigenvalue weighted by Crippen LogP contribution is 2.08. The van der Waals surface area contributed by atoms with Gasteiger partial charge in [-0.3, -0.25) is 9.89 Å². The van der Waals surface area contributed by atoms with Gasteiger partial charge < -0.3 is 0 Å². The number of H-pyrrole nitrogens is 1. The van der Waals surface area contributed by atoms with Crippen LogP contribution in [0.4, 0.5) is 0 Å². The van der Waals surface area contributed by atoms with Gasteiger partial charge in [0, 0.05) is 17.5 Å². The fourth-order valence-corrected chi connectivity index (χ4v) is 1.78. The van der Waals surface area contributed by atoms with Crippen molar-refractivity contribution in [2.45, 2.75) is 26.7 Å². The van der Waals surface area contributed by atoms with Gasteiger partial charge in [-0.25, -0.2) is 9.50 Å². The molecule has 16 heavy (non-hydrogen) atoms. The first-order chi connectivity index (χ1) is 7.69. The smallest absolute Gasteiger partial charge is 0.276 e. The van der Waals surface area contributed by atoms with Gasteiger partial charge in [0.05, 0.1) is 0 Å². The van der Waals surface area contributed by atoms with Crippen LogP contribution in [0.1, 0.15) is 30.2 Å². The molecule has 0 saturated heterocycles. The van der Waals surface area contributed by atoms with Crippen LogP contribution in [-0.2, 0) is 6.42 Å². The van der Waals surface area contributed by atoms with Gasteiger partial charge in [0.1, 0.15) is 11.6 Å². The Morgan fingerprint density at radius 2 is 2.38 bits per heavy atom. The minimum absolute atomic E-state index is 0.106. The predicted molar refractivity (Wildman–Crippen MR) is 59.3 cm³/mol. The maximum Gasteiger partial charge on any atom is 0.276 e. The quantitative estimate of drug-likeness (QED) is 0.818. The first-order valence-electron chi connectivity index (χ1n) is 5.18. The predicted octanol–water partition coefficient (Wildman–Crippen LogP) is 1.16. The number of rotatable bonds is 2. The lowest BCUT2D eigenvalue weighted by Crippen LogP contribution is -2.21. The van der Waals surface area contributed by atoms with Crippen molar-refractivity contribution in [1.82, 2.24) is 14.6 Å². The average molecular weight is 216 g/mol. The van der Waals surface area contributed by atoms with Gasteiger partial charge in [-0.15, -0.1) is 0 Å². The van der Waals surface area contributed by atoms with E-state index in [0.29, 0.717) is 28.9 Å². The lowest BCUT2D eigenvalue weighted by molar-refractivity contribution is 0.818. The Labute approximate surface area is 92.3 Å². The number of aromatic amines is 1. The molecule has 2 aromatic rings. The van der Waals surface area contributed by atoms with Crippen molar-refractivity contribution < 1.29 is 0 Å². The van der Waals surface area contributed by atoms with Crippen LogP contribution in [0.2, 0.25) is 0 Å². The summed E-state index contributed by atoms with van der Waals surface area (Å²) < 4.78 is 1.33. The van der Waals surface area contributed by atoms with Crippen molar-refractivity contribution in [3.8, 4) is 6.07 Å². The Balaban J connectivity index is 2.81. The normalized spacial score (nSPS) is 10.6. The lowest BCUT2D eigenvalue weighted by atomic mass is 10.1. The molecule has 0 unspecified atom stereocenters. The third-order valence-electron chi connectivity index (χ3n) is 2.58. The molecule has 2 rings (SSSR count). The summed E-state index contributed by atoms with van der Waals surface area (Å²) in [4.78, 5) is 16.3. The van der Waals surface area contributed by atoms with Gasteiger partial charge in [-0.1, -0.05) is 13.3 Å². The molecule has 1 N–H and O–H groups in total. The van der Waals surface area contributed by atoms with E-state index < -0.39 is 0 Å². The molecule has 0 bridgehead atoms. The molecule has 0 aliphatic heterocycles. The Kier molecular flexibility index (Phi) is 2.49. The first kappa shape index (κ1) is 10.4. The first-order valence-corrected chi connectivity index (χ1v) is 5.18. The number of fused-ring (bicyclic) bond motifs is 1. The molecule has 5 heteroatoms. The summed E-state index contributed by atoms with van der Waals surface area (Å²) in [5.74, 6) is 0. The van der Waals surface area contributed by atoms with Crippen LogP contribution >= 0.6 is 0 Å². The van der Waals surface area contributed by atoms with Gasteiger partial charge >= 0.3 is 0 Å². The Bertz CT molecular complexity index is 630. The second kappa shape index (κ2) is 3.81. The summed E-state index contributed by atoms with van der Waals surface area (Å²) in [7, 11) is 0. The van der Waals surface area contributed by atoms with E-state index in [-0.39, 0.29) is 5.56 Å². The third kappa shape index (κ3) is 1.39. The number of hydrogen-bond acceptors (Lipinski definition) is 3. The average Bonchev–Trinajstić information content (AvgIpc) is 2.67. The minimum Gasteiger partial charge on any atom is -0.295 e. The second-order valence-corrected chi connectivity index (χ2v) is 3.69. The van der Waals surface area contributed by atoms with Gasteiger partial charge in [0.25, 0.3) is 5.56 Å². The summed E-state index contributed by atoms with van der Waals surface area (Å²) in [6, 6.07) is 2.00. The van der Waals surface area contributed by atoms with Gasteiger partial charge in [-0.05, 0) is 13.3 Å². The van der Waals surface area contributed by atoms with E-state index in [2.05, 4.69) is 10.1 Å². The van der Waals surface area contributed by atoms with E-state index in [4.69, 9.17) is 5.26 Å². The van der Waals surface area contributed by atoms with Crippen LogP contribution in [0, 0.1) is 18.3 Å². The van der Waals surface area contributed by atoms with E-state index in [1.54, 1.807) is 6.92 Å². The summed E-state index contributed by atoms with van der Waals surface area (Å²) in [5.41, 5.74) is 2.12. The van der Waals surface area contributed by atoms with Gasteiger partial charge in [0.2, 0.25) is 0 Å². The minimum atomic E-state index is -0.106. The zero-order valence-electron chi connectivity index (χ0n) is 9.24. The highest BCUT2D eigenvalue weighted by Gasteiger charge is 2.12. The molecule has 5 nitrogen and oxygen atoms in total. The highest BCUT2D eigenvalue weighted by molar-refractivity contribution is 5.54. The van der Waals surface area contributed by atoms with Crippen molar-refractivity contribution >= 4 is 5.65 Å². The van der Waals surface area contributed by atoms with Crippen LogP contribution < -0.4 is 5.56 Å². The third-order valence-corrected chi connectivity index (χ3v) is 2.58. The van der Waals surface area contributed by atoms with Crippen LogP contribution in [-0.4, -0.2) is 14.6 Å². The SMILES string of the molecule is CCCc1c(C)nc2c(C#N)c[nH]n2c1=O. The molecule has 0 fully saturated rings. The van der Waals surface area contributed by atoms with Crippen LogP contribution in [0.3, 0.4) is 0 Å². The molecule has 2 aromatic heterocycles. The van der Waals surface area contributed by atoms with Crippen LogP contribution in [0.15, 0.2) is 11.0 Å². The van der Waals surface area contributed by atoms with E-state index in [9.17, 15) is 4.79 Å².